The van der Waals surface area contributed by atoms with E-state index >= 15 is 0 Å². The number of carbonyl (C=O) groups excluding carboxylic acids is 1. The number of hydrogen-bond acceptors (Lipinski definition) is 3. The molecule has 1 saturated carbocycles. The van der Waals surface area contributed by atoms with Gasteiger partial charge in [0.1, 0.15) is 0 Å². The van der Waals surface area contributed by atoms with Gasteiger partial charge in [-0.25, -0.2) is 4.79 Å². The Balaban J connectivity index is 1.74. The molecule has 0 aromatic heterocycles. The zero-order valence-corrected chi connectivity index (χ0v) is 12.8. The van der Waals surface area contributed by atoms with Gasteiger partial charge >= 0.3 is 12.0 Å². The normalized spacial score (nSPS) is 23.7. The van der Waals surface area contributed by atoms with Crippen LogP contribution in [0.5, 0.6) is 0 Å². The third-order valence-corrected chi connectivity index (χ3v) is 4.68. The Hall–Kier alpha value is -1.30. The van der Waals surface area contributed by atoms with Crippen molar-refractivity contribution >= 4 is 12.0 Å². The highest BCUT2D eigenvalue weighted by Gasteiger charge is 2.42. The molecule has 2 N–H and O–H groups in total. The van der Waals surface area contributed by atoms with Crippen LogP contribution >= 0.6 is 0 Å². The Bertz CT molecular complexity index is 382. The van der Waals surface area contributed by atoms with Crippen LogP contribution in [-0.2, 0) is 9.53 Å². The van der Waals surface area contributed by atoms with E-state index in [9.17, 15) is 9.59 Å². The molecule has 0 radical (unpaired) electrons. The van der Waals surface area contributed by atoms with E-state index in [1.165, 1.54) is 0 Å². The second-order valence-electron chi connectivity index (χ2n) is 6.45. The van der Waals surface area contributed by atoms with E-state index in [-0.39, 0.29) is 23.8 Å². The van der Waals surface area contributed by atoms with Crippen molar-refractivity contribution in [2.24, 2.45) is 11.3 Å². The van der Waals surface area contributed by atoms with Crippen LogP contribution in [0, 0.1) is 11.3 Å². The van der Waals surface area contributed by atoms with Crippen molar-refractivity contribution in [3.8, 4) is 0 Å². The van der Waals surface area contributed by atoms with Crippen molar-refractivity contribution in [1.82, 2.24) is 10.2 Å². The summed E-state index contributed by atoms with van der Waals surface area (Å²) in [6, 6.07) is -0.0474. The largest absolute Gasteiger partial charge is 0.481 e. The van der Waals surface area contributed by atoms with Gasteiger partial charge in [0.25, 0.3) is 0 Å². The van der Waals surface area contributed by atoms with E-state index in [0.29, 0.717) is 13.1 Å². The topological polar surface area (TPSA) is 78.9 Å². The number of urea groups is 1. The first-order chi connectivity index (χ1) is 10.0. The number of amides is 2. The van der Waals surface area contributed by atoms with E-state index in [1.54, 1.807) is 12.0 Å². The van der Waals surface area contributed by atoms with Gasteiger partial charge in [-0.05, 0) is 43.4 Å². The van der Waals surface area contributed by atoms with Gasteiger partial charge in [0, 0.05) is 39.8 Å². The Kier molecular flexibility index (Phi) is 5.45. The summed E-state index contributed by atoms with van der Waals surface area (Å²) in [4.78, 5) is 24.8. The summed E-state index contributed by atoms with van der Waals surface area (Å²) < 4.78 is 5.11. The number of likely N-dealkylation sites (tertiary alicyclic amines) is 1. The van der Waals surface area contributed by atoms with Crippen molar-refractivity contribution < 1.29 is 19.4 Å². The number of rotatable bonds is 7. The molecule has 1 aliphatic carbocycles. The zero-order chi connectivity index (χ0) is 15.3. The predicted molar refractivity (Wildman–Crippen MR) is 78.1 cm³/mol. The maximum atomic E-state index is 12.2. The lowest BCUT2D eigenvalue weighted by Gasteiger charge is -2.32. The van der Waals surface area contributed by atoms with Crippen molar-refractivity contribution in [2.45, 2.75) is 38.5 Å². The second kappa shape index (κ2) is 7.11. The monoisotopic (exact) mass is 298 g/mol. The summed E-state index contributed by atoms with van der Waals surface area (Å²) in [7, 11) is 1.70. The first kappa shape index (κ1) is 16.1. The molecule has 21 heavy (non-hydrogen) atoms. The molecule has 0 aromatic carbocycles. The Morgan fingerprint density at radius 3 is 2.81 bits per heavy atom. The van der Waals surface area contributed by atoms with Crippen molar-refractivity contribution in [2.75, 3.05) is 33.4 Å². The number of nitrogens with zero attached hydrogens (tertiary/aromatic N) is 1. The number of piperidine rings is 1. The summed E-state index contributed by atoms with van der Waals surface area (Å²) in [5.41, 5.74) is 0.238. The summed E-state index contributed by atoms with van der Waals surface area (Å²) in [5.74, 6) is -0.691. The summed E-state index contributed by atoms with van der Waals surface area (Å²) in [5, 5.41) is 11.9. The minimum Gasteiger partial charge on any atom is -0.481 e. The van der Waals surface area contributed by atoms with Gasteiger partial charge in [0.05, 0.1) is 0 Å². The molecule has 6 heteroatoms. The number of ether oxygens (including phenoxy) is 1. The first-order valence-corrected chi connectivity index (χ1v) is 7.78. The molecule has 2 aliphatic rings. The lowest BCUT2D eigenvalue weighted by Crippen LogP contribution is -2.47. The van der Waals surface area contributed by atoms with E-state index in [4.69, 9.17) is 9.84 Å². The standard InChI is InChI=1S/C15H26N2O4/c1-21-8-6-15(4-5-15)11-16-14(20)17-7-2-3-12(10-17)9-13(18)19/h12H,2-11H2,1H3,(H,16,20)(H,18,19). The smallest absolute Gasteiger partial charge is 0.317 e. The van der Waals surface area contributed by atoms with E-state index in [0.717, 1.165) is 45.3 Å². The summed E-state index contributed by atoms with van der Waals surface area (Å²) >= 11 is 0. The van der Waals surface area contributed by atoms with Crippen LogP contribution in [0.3, 0.4) is 0 Å². The highest BCUT2D eigenvalue weighted by atomic mass is 16.5. The number of carboxylic acids is 1. The minimum atomic E-state index is -0.779. The third-order valence-electron chi connectivity index (χ3n) is 4.68. The number of aliphatic carboxylic acids is 1. The molecule has 120 valence electrons. The summed E-state index contributed by atoms with van der Waals surface area (Å²) in [6.07, 6.45) is 5.23. The lowest BCUT2D eigenvalue weighted by molar-refractivity contribution is -0.138. The quantitative estimate of drug-likeness (QED) is 0.750. The van der Waals surface area contributed by atoms with Gasteiger partial charge in [0.15, 0.2) is 0 Å². The molecule has 1 heterocycles. The predicted octanol–water partition coefficient (Wildman–Crippen LogP) is 1.70. The second-order valence-corrected chi connectivity index (χ2v) is 6.45. The lowest BCUT2D eigenvalue weighted by atomic mass is 9.95. The zero-order valence-electron chi connectivity index (χ0n) is 12.8. The van der Waals surface area contributed by atoms with Crippen LogP contribution in [0.15, 0.2) is 0 Å². The maximum Gasteiger partial charge on any atom is 0.317 e. The fraction of sp³-hybridized carbons (Fsp3) is 0.867. The van der Waals surface area contributed by atoms with Crippen LogP contribution in [0.25, 0.3) is 0 Å². The van der Waals surface area contributed by atoms with Gasteiger partial charge in [-0.3, -0.25) is 4.79 Å². The number of carbonyl (C=O) groups is 2. The Morgan fingerprint density at radius 2 is 2.19 bits per heavy atom. The molecular weight excluding hydrogens is 272 g/mol. The molecule has 1 aliphatic heterocycles. The van der Waals surface area contributed by atoms with E-state index in [2.05, 4.69) is 5.32 Å². The molecule has 0 aromatic rings. The summed E-state index contributed by atoms with van der Waals surface area (Å²) in [6.45, 7) is 2.73. The highest BCUT2D eigenvalue weighted by molar-refractivity contribution is 5.74. The Labute approximate surface area is 125 Å². The third kappa shape index (κ3) is 4.88. The average Bonchev–Trinajstić information content (AvgIpc) is 3.23. The SMILES string of the molecule is COCCC1(CNC(=O)N2CCCC(CC(=O)O)C2)CC1. The van der Waals surface area contributed by atoms with Crippen molar-refractivity contribution in [3.63, 3.8) is 0 Å². The van der Waals surface area contributed by atoms with Gasteiger partial charge < -0.3 is 20.1 Å². The van der Waals surface area contributed by atoms with E-state index < -0.39 is 5.97 Å². The van der Waals surface area contributed by atoms with Crippen molar-refractivity contribution in [1.29, 1.82) is 0 Å². The molecule has 0 bridgehead atoms. The van der Waals surface area contributed by atoms with Crippen LogP contribution in [0.1, 0.15) is 38.5 Å². The van der Waals surface area contributed by atoms with Crippen molar-refractivity contribution in [3.05, 3.63) is 0 Å². The van der Waals surface area contributed by atoms with E-state index in [1.807, 2.05) is 0 Å². The molecule has 2 rings (SSSR count). The first-order valence-electron chi connectivity index (χ1n) is 7.78. The molecule has 1 atom stereocenters. The fourth-order valence-corrected chi connectivity index (χ4v) is 3.05. The number of carboxylic acid groups (broad SMARTS) is 1. The van der Waals surface area contributed by atoms with Crippen LogP contribution in [0.4, 0.5) is 4.79 Å². The molecule has 0 spiro atoms. The average molecular weight is 298 g/mol. The number of nitrogens with one attached hydrogen (secondary N) is 1. The molecule has 6 nitrogen and oxygen atoms in total. The molecule has 1 saturated heterocycles. The van der Waals surface area contributed by atoms with Gasteiger partial charge in [0.2, 0.25) is 0 Å². The van der Waals surface area contributed by atoms with Crippen LogP contribution < -0.4 is 5.32 Å². The van der Waals surface area contributed by atoms with Gasteiger partial charge in [-0.15, -0.1) is 0 Å². The highest BCUT2D eigenvalue weighted by Crippen LogP contribution is 2.48. The molecule has 2 amide bonds. The van der Waals surface area contributed by atoms with Gasteiger partial charge in [-0.1, -0.05) is 0 Å². The van der Waals surface area contributed by atoms with Gasteiger partial charge in [-0.2, -0.15) is 0 Å². The minimum absolute atomic E-state index is 0.0474. The van der Waals surface area contributed by atoms with Crippen LogP contribution in [0.2, 0.25) is 0 Å². The fourth-order valence-electron chi connectivity index (χ4n) is 3.05. The Morgan fingerprint density at radius 1 is 1.43 bits per heavy atom. The molecule has 1 unspecified atom stereocenters. The molecular formula is C15H26N2O4. The maximum absolute atomic E-state index is 12.2. The number of hydrogen-bond donors (Lipinski definition) is 2. The molecule has 2 fully saturated rings. The van der Waals surface area contributed by atoms with Crippen LogP contribution in [-0.4, -0.2) is 55.4 Å². The number of methoxy groups -OCH3 is 1.